The van der Waals surface area contributed by atoms with Crippen LogP contribution >= 0.6 is 0 Å². The number of nitrogens with one attached hydrogen (secondary N) is 1. The molecule has 0 aliphatic rings. The van der Waals surface area contributed by atoms with Crippen LogP contribution in [0.15, 0.2) is 69.9 Å². The molecule has 3 aromatic carbocycles. The van der Waals surface area contributed by atoms with Crippen LogP contribution in [0.1, 0.15) is 16.7 Å². The number of carbonyl (C=O) groups is 1. The Morgan fingerprint density at radius 2 is 1.70 bits per heavy atom. The SMILES string of the molecule is Cc1ccc2c(=O)c3ccc(NC(=O)Cc4ccccc4)cc3oc2c1C. The van der Waals surface area contributed by atoms with Crippen molar-refractivity contribution >= 4 is 33.5 Å². The van der Waals surface area contributed by atoms with Gasteiger partial charge in [0.2, 0.25) is 11.3 Å². The predicted molar refractivity (Wildman–Crippen MR) is 108 cm³/mol. The minimum Gasteiger partial charge on any atom is -0.455 e. The van der Waals surface area contributed by atoms with Gasteiger partial charge in [-0.25, -0.2) is 0 Å². The maximum atomic E-state index is 12.8. The molecule has 4 rings (SSSR count). The molecule has 134 valence electrons. The average Bonchev–Trinajstić information content (AvgIpc) is 2.66. The van der Waals surface area contributed by atoms with Gasteiger partial charge in [0.15, 0.2) is 0 Å². The lowest BCUT2D eigenvalue weighted by molar-refractivity contribution is -0.115. The molecule has 1 amide bonds. The number of hydrogen-bond donors (Lipinski definition) is 1. The molecule has 4 nitrogen and oxygen atoms in total. The maximum Gasteiger partial charge on any atom is 0.228 e. The number of carbonyl (C=O) groups excluding carboxylic acids is 1. The van der Waals surface area contributed by atoms with E-state index < -0.39 is 0 Å². The fourth-order valence-corrected chi connectivity index (χ4v) is 3.21. The summed E-state index contributed by atoms with van der Waals surface area (Å²) in [5.74, 6) is -0.115. The van der Waals surface area contributed by atoms with Gasteiger partial charge in [0.1, 0.15) is 11.2 Å². The maximum absolute atomic E-state index is 12.8. The second-order valence-corrected chi connectivity index (χ2v) is 6.74. The molecule has 0 bridgehead atoms. The van der Waals surface area contributed by atoms with E-state index in [1.807, 2.05) is 50.2 Å². The summed E-state index contributed by atoms with van der Waals surface area (Å²) in [5, 5.41) is 3.96. The van der Waals surface area contributed by atoms with Gasteiger partial charge < -0.3 is 9.73 Å². The highest BCUT2D eigenvalue weighted by atomic mass is 16.3. The Morgan fingerprint density at radius 3 is 2.48 bits per heavy atom. The first kappa shape index (κ1) is 17.0. The fourth-order valence-electron chi connectivity index (χ4n) is 3.21. The summed E-state index contributed by atoms with van der Waals surface area (Å²) >= 11 is 0. The van der Waals surface area contributed by atoms with Crippen molar-refractivity contribution in [1.29, 1.82) is 0 Å². The summed E-state index contributed by atoms with van der Waals surface area (Å²) in [6.07, 6.45) is 0.291. The molecular weight excluding hydrogens is 338 g/mol. The Bertz CT molecular complexity index is 1220. The largest absolute Gasteiger partial charge is 0.455 e. The van der Waals surface area contributed by atoms with Crippen molar-refractivity contribution in [3.05, 3.63) is 87.6 Å². The van der Waals surface area contributed by atoms with Crippen LogP contribution < -0.4 is 10.7 Å². The van der Waals surface area contributed by atoms with E-state index >= 15 is 0 Å². The Hall–Kier alpha value is -3.40. The lowest BCUT2D eigenvalue weighted by Crippen LogP contribution is -2.14. The number of fused-ring (bicyclic) bond motifs is 2. The van der Waals surface area contributed by atoms with Crippen LogP contribution in [0.2, 0.25) is 0 Å². The van der Waals surface area contributed by atoms with E-state index in [0.29, 0.717) is 34.0 Å². The number of anilines is 1. The van der Waals surface area contributed by atoms with Crippen molar-refractivity contribution in [3.63, 3.8) is 0 Å². The van der Waals surface area contributed by atoms with E-state index in [-0.39, 0.29) is 11.3 Å². The molecular formula is C23H19NO3. The van der Waals surface area contributed by atoms with Gasteiger partial charge in [-0.1, -0.05) is 36.4 Å². The van der Waals surface area contributed by atoms with Crippen LogP contribution in [-0.2, 0) is 11.2 Å². The van der Waals surface area contributed by atoms with E-state index in [1.165, 1.54) is 0 Å². The number of rotatable bonds is 3. The van der Waals surface area contributed by atoms with Gasteiger partial charge in [0.05, 0.1) is 17.2 Å². The van der Waals surface area contributed by atoms with Crippen molar-refractivity contribution in [1.82, 2.24) is 0 Å². The molecule has 0 radical (unpaired) electrons. The summed E-state index contributed by atoms with van der Waals surface area (Å²) in [6.45, 7) is 3.93. The van der Waals surface area contributed by atoms with Gasteiger partial charge in [-0.2, -0.15) is 0 Å². The molecule has 0 saturated heterocycles. The predicted octanol–water partition coefficient (Wildman–Crippen LogP) is 4.74. The summed E-state index contributed by atoms with van der Waals surface area (Å²) < 4.78 is 6.03. The van der Waals surface area contributed by atoms with Gasteiger partial charge in [-0.3, -0.25) is 9.59 Å². The lowest BCUT2D eigenvalue weighted by Gasteiger charge is -2.09. The van der Waals surface area contributed by atoms with Crippen molar-refractivity contribution in [2.75, 3.05) is 5.32 Å². The third kappa shape index (κ3) is 3.22. The number of benzene rings is 3. The lowest BCUT2D eigenvalue weighted by atomic mass is 10.0. The van der Waals surface area contributed by atoms with Crippen molar-refractivity contribution in [2.24, 2.45) is 0 Å². The Labute approximate surface area is 156 Å². The highest BCUT2D eigenvalue weighted by Crippen LogP contribution is 2.25. The van der Waals surface area contributed by atoms with Crippen molar-refractivity contribution in [2.45, 2.75) is 20.3 Å². The molecule has 1 aromatic heterocycles. The standard InChI is InChI=1S/C23H19NO3/c1-14-8-10-19-22(26)18-11-9-17(13-20(18)27-23(19)15(14)2)24-21(25)12-16-6-4-3-5-7-16/h3-11,13H,12H2,1-2H3,(H,24,25). The highest BCUT2D eigenvalue weighted by molar-refractivity contribution is 5.96. The molecule has 4 heteroatoms. The molecule has 0 fully saturated rings. The molecule has 0 spiro atoms. The second kappa shape index (κ2) is 6.72. The van der Waals surface area contributed by atoms with Crippen molar-refractivity contribution < 1.29 is 9.21 Å². The van der Waals surface area contributed by atoms with Gasteiger partial charge in [0.25, 0.3) is 0 Å². The molecule has 27 heavy (non-hydrogen) atoms. The van der Waals surface area contributed by atoms with Gasteiger partial charge >= 0.3 is 0 Å². The zero-order valence-corrected chi connectivity index (χ0v) is 15.2. The number of aryl methyl sites for hydroxylation is 2. The summed E-state index contributed by atoms with van der Waals surface area (Å²) in [7, 11) is 0. The Kier molecular flexibility index (Phi) is 4.24. The molecule has 1 heterocycles. The van der Waals surface area contributed by atoms with E-state index in [0.717, 1.165) is 16.7 Å². The Morgan fingerprint density at radius 1 is 0.963 bits per heavy atom. The second-order valence-electron chi connectivity index (χ2n) is 6.74. The third-order valence-corrected chi connectivity index (χ3v) is 4.85. The number of hydrogen-bond acceptors (Lipinski definition) is 3. The topological polar surface area (TPSA) is 59.3 Å². The van der Waals surface area contributed by atoms with E-state index in [9.17, 15) is 9.59 Å². The van der Waals surface area contributed by atoms with Crippen LogP contribution in [0.4, 0.5) is 5.69 Å². The fraction of sp³-hybridized carbons (Fsp3) is 0.130. The molecule has 4 aromatic rings. The van der Waals surface area contributed by atoms with E-state index in [2.05, 4.69) is 5.32 Å². The minimum absolute atomic E-state index is 0.0588. The van der Waals surface area contributed by atoms with Gasteiger partial charge in [0, 0.05) is 11.8 Å². The van der Waals surface area contributed by atoms with E-state index in [1.54, 1.807) is 24.3 Å². The van der Waals surface area contributed by atoms with Gasteiger partial charge in [-0.05, 0) is 48.7 Å². The minimum atomic E-state index is -0.115. The molecule has 0 unspecified atom stereocenters. The Balaban J connectivity index is 1.71. The number of amides is 1. The zero-order chi connectivity index (χ0) is 19.0. The monoisotopic (exact) mass is 357 g/mol. The van der Waals surface area contributed by atoms with Crippen LogP contribution in [0, 0.1) is 13.8 Å². The van der Waals surface area contributed by atoms with Crippen LogP contribution in [0.5, 0.6) is 0 Å². The summed E-state index contributed by atoms with van der Waals surface area (Å²) in [5.41, 5.74) is 4.58. The van der Waals surface area contributed by atoms with E-state index in [4.69, 9.17) is 4.42 Å². The summed E-state index contributed by atoms with van der Waals surface area (Å²) in [4.78, 5) is 25.1. The first-order valence-corrected chi connectivity index (χ1v) is 8.83. The third-order valence-electron chi connectivity index (χ3n) is 4.85. The summed E-state index contributed by atoms with van der Waals surface area (Å²) in [6, 6.07) is 18.4. The molecule has 0 saturated carbocycles. The van der Waals surface area contributed by atoms with Crippen LogP contribution in [0.25, 0.3) is 21.9 Å². The molecule has 0 aliphatic heterocycles. The zero-order valence-electron chi connectivity index (χ0n) is 15.2. The average molecular weight is 357 g/mol. The smallest absolute Gasteiger partial charge is 0.228 e. The quantitative estimate of drug-likeness (QED) is 0.539. The first-order valence-electron chi connectivity index (χ1n) is 8.83. The van der Waals surface area contributed by atoms with Gasteiger partial charge in [-0.15, -0.1) is 0 Å². The first-order chi connectivity index (χ1) is 13.0. The normalized spacial score (nSPS) is 11.0. The molecule has 0 aliphatic carbocycles. The van der Waals surface area contributed by atoms with Crippen LogP contribution in [-0.4, -0.2) is 5.91 Å². The molecule has 0 atom stereocenters. The van der Waals surface area contributed by atoms with Crippen molar-refractivity contribution in [3.8, 4) is 0 Å². The van der Waals surface area contributed by atoms with Crippen LogP contribution in [0.3, 0.4) is 0 Å². The highest BCUT2D eigenvalue weighted by Gasteiger charge is 2.12. The molecule has 1 N–H and O–H groups in total.